The Morgan fingerprint density at radius 3 is 2.00 bits per heavy atom. The predicted molar refractivity (Wildman–Crippen MR) is 67.0 cm³/mol. The molecule has 0 aromatic carbocycles. The summed E-state index contributed by atoms with van der Waals surface area (Å²) >= 11 is 0. The smallest absolute Gasteiger partial charge is 0.156 e. The van der Waals surface area contributed by atoms with Crippen LogP contribution >= 0.6 is 0 Å². The van der Waals surface area contributed by atoms with Crippen LogP contribution in [0.2, 0.25) is 0 Å². The number of fused-ring (bicyclic) bond motifs is 2. The average molecular weight is 272 g/mol. The second-order valence-corrected chi connectivity index (χ2v) is 8.38. The van der Waals surface area contributed by atoms with Crippen LogP contribution in [0.25, 0.3) is 0 Å². The van der Waals surface area contributed by atoms with Crippen molar-refractivity contribution in [3.63, 3.8) is 0 Å². The van der Waals surface area contributed by atoms with Crippen molar-refractivity contribution in [3.05, 3.63) is 0 Å². The van der Waals surface area contributed by atoms with Crippen molar-refractivity contribution < 1.29 is 17.9 Å². The minimum absolute atomic E-state index is 0.00544. The number of carbonyl (C=O) groups excluding carboxylic acids is 1. The summed E-state index contributed by atoms with van der Waals surface area (Å²) in [6, 6.07) is 0. The van der Waals surface area contributed by atoms with Crippen molar-refractivity contribution in [2.75, 3.05) is 13.2 Å². The summed E-state index contributed by atoms with van der Waals surface area (Å²) < 4.78 is 29.3. The first kappa shape index (κ1) is 12.6. The molecule has 18 heavy (non-hydrogen) atoms. The molecule has 3 saturated heterocycles. The molecule has 0 saturated carbocycles. The molecule has 0 aromatic heterocycles. The standard InChI is InChI=1S/C13H20O4S/c14-13(9-3-5-17-6-4-9)10-7-11-1-2-12(8-10)18(11,15)16/h9-12H,1-8H2. The molecule has 0 aromatic rings. The number of carbonyl (C=O) groups is 1. The van der Waals surface area contributed by atoms with Crippen molar-refractivity contribution in [2.45, 2.75) is 49.0 Å². The van der Waals surface area contributed by atoms with Crippen molar-refractivity contribution in [1.82, 2.24) is 0 Å². The SMILES string of the molecule is O=C(C1CCOCC1)C1CC2CCC(C1)S2(=O)=O. The number of ether oxygens (including phenoxy) is 1. The van der Waals surface area contributed by atoms with E-state index in [9.17, 15) is 13.2 Å². The van der Waals surface area contributed by atoms with Crippen molar-refractivity contribution in [2.24, 2.45) is 11.8 Å². The van der Waals surface area contributed by atoms with Crippen LogP contribution in [0.5, 0.6) is 0 Å². The minimum Gasteiger partial charge on any atom is -0.381 e. The van der Waals surface area contributed by atoms with E-state index in [-0.39, 0.29) is 22.3 Å². The van der Waals surface area contributed by atoms with Crippen molar-refractivity contribution >= 4 is 15.6 Å². The molecule has 102 valence electrons. The molecule has 3 aliphatic heterocycles. The van der Waals surface area contributed by atoms with E-state index in [1.54, 1.807) is 0 Å². The Kier molecular flexibility index (Phi) is 3.22. The number of ketones is 1. The maximum atomic E-state index is 12.4. The molecule has 3 fully saturated rings. The molecular formula is C13H20O4S. The Bertz CT molecular complexity index is 416. The van der Waals surface area contributed by atoms with Gasteiger partial charge in [-0.2, -0.15) is 0 Å². The maximum absolute atomic E-state index is 12.4. The summed E-state index contributed by atoms with van der Waals surface area (Å²) in [7, 11) is -2.90. The van der Waals surface area contributed by atoms with Gasteiger partial charge in [0.25, 0.3) is 0 Å². The lowest BCUT2D eigenvalue weighted by molar-refractivity contribution is -0.130. The fraction of sp³-hybridized carbons (Fsp3) is 0.923. The topological polar surface area (TPSA) is 60.4 Å². The molecule has 3 heterocycles. The third kappa shape index (κ3) is 2.01. The largest absolute Gasteiger partial charge is 0.381 e. The van der Waals surface area contributed by atoms with Crippen molar-refractivity contribution in [1.29, 1.82) is 0 Å². The number of hydrogen-bond acceptors (Lipinski definition) is 4. The predicted octanol–water partition coefficient (Wildman–Crippen LogP) is 1.34. The fourth-order valence-corrected chi connectivity index (χ4v) is 6.23. The summed E-state index contributed by atoms with van der Waals surface area (Å²) in [5.41, 5.74) is 0. The van der Waals surface area contributed by atoms with Crippen LogP contribution in [-0.4, -0.2) is 37.9 Å². The lowest BCUT2D eigenvalue weighted by atomic mass is 9.83. The van der Waals surface area contributed by atoms with E-state index in [1.807, 2.05) is 0 Å². The van der Waals surface area contributed by atoms with E-state index in [0.29, 0.717) is 31.8 Å². The summed E-state index contributed by atoms with van der Waals surface area (Å²) in [4.78, 5) is 12.4. The molecule has 5 heteroatoms. The molecule has 2 unspecified atom stereocenters. The first-order valence-electron chi connectivity index (χ1n) is 6.93. The molecule has 0 spiro atoms. The molecule has 2 atom stereocenters. The third-order valence-electron chi connectivity index (χ3n) is 4.86. The molecule has 0 amide bonds. The van der Waals surface area contributed by atoms with E-state index in [0.717, 1.165) is 25.7 Å². The van der Waals surface area contributed by atoms with Gasteiger partial charge >= 0.3 is 0 Å². The second-order valence-electron chi connectivity index (χ2n) is 5.87. The average Bonchev–Trinajstić information content (AvgIpc) is 2.59. The van der Waals surface area contributed by atoms with E-state index in [1.165, 1.54) is 0 Å². The Labute approximate surface area is 108 Å². The van der Waals surface area contributed by atoms with Gasteiger partial charge in [0, 0.05) is 25.0 Å². The zero-order valence-electron chi connectivity index (χ0n) is 10.5. The van der Waals surface area contributed by atoms with E-state index >= 15 is 0 Å². The molecule has 0 aliphatic carbocycles. The van der Waals surface area contributed by atoms with Crippen LogP contribution in [0.1, 0.15) is 38.5 Å². The maximum Gasteiger partial charge on any atom is 0.156 e. The Morgan fingerprint density at radius 1 is 0.889 bits per heavy atom. The van der Waals surface area contributed by atoms with Crippen LogP contribution in [0.4, 0.5) is 0 Å². The first-order chi connectivity index (χ1) is 8.59. The van der Waals surface area contributed by atoms with Crippen LogP contribution in [-0.2, 0) is 19.4 Å². The second kappa shape index (κ2) is 4.60. The quantitative estimate of drug-likeness (QED) is 0.761. The van der Waals surface area contributed by atoms with Gasteiger partial charge < -0.3 is 4.74 Å². The summed E-state index contributed by atoms with van der Waals surface area (Å²) in [6.45, 7) is 1.35. The highest BCUT2D eigenvalue weighted by Gasteiger charge is 2.49. The number of hydrogen-bond donors (Lipinski definition) is 0. The monoisotopic (exact) mass is 272 g/mol. The number of rotatable bonds is 2. The third-order valence-corrected chi connectivity index (χ3v) is 7.58. The molecular weight excluding hydrogens is 252 g/mol. The van der Waals surface area contributed by atoms with Gasteiger partial charge in [0.1, 0.15) is 5.78 Å². The van der Waals surface area contributed by atoms with Crippen LogP contribution in [0.15, 0.2) is 0 Å². The molecule has 3 aliphatic rings. The molecule has 0 radical (unpaired) electrons. The number of Topliss-reactive ketones (excluding diaryl/α,β-unsaturated/α-hetero) is 1. The van der Waals surface area contributed by atoms with Gasteiger partial charge in [0.2, 0.25) is 0 Å². The lowest BCUT2D eigenvalue weighted by Gasteiger charge is -2.31. The van der Waals surface area contributed by atoms with Crippen LogP contribution in [0, 0.1) is 11.8 Å². The molecule has 4 nitrogen and oxygen atoms in total. The van der Waals surface area contributed by atoms with Gasteiger partial charge in [-0.25, -0.2) is 8.42 Å². The normalized spacial score (nSPS) is 39.7. The highest BCUT2D eigenvalue weighted by Crippen LogP contribution is 2.42. The first-order valence-corrected chi connectivity index (χ1v) is 8.54. The minimum atomic E-state index is -2.90. The highest BCUT2D eigenvalue weighted by molar-refractivity contribution is 7.93. The Hall–Kier alpha value is -0.420. The van der Waals surface area contributed by atoms with Gasteiger partial charge in [0.15, 0.2) is 9.84 Å². The zero-order chi connectivity index (χ0) is 12.8. The summed E-state index contributed by atoms with van der Waals surface area (Å²) in [5, 5.41) is -0.463. The molecule has 2 bridgehead atoms. The highest BCUT2D eigenvalue weighted by atomic mass is 32.2. The van der Waals surface area contributed by atoms with E-state index in [2.05, 4.69) is 0 Å². The molecule has 3 rings (SSSR count). The van der Waals surface area contributed by atoms with Gasteiger partial charge in [-0.3, -0.25) is 4.79 Å². The molecule has 0 N–H and O–H groups in total. The summed E-state index contributed by atoms with van der Waals surface area (Å²) in [5.74, 6) is 0.420. The Morgan fingerprint density at radius 2 is 1.44 bits per heavy atom. The van der Waals surface area contributed by atoms with E-state index in [4.69, 9.17) is 4.74 Å². The van der Waals surface area contributed by atoms with Crippen LogP contribution in [0.3, 0.4) is 0 Å². The van der Waals surface area contributed by atoms with E-state index < -0.39 is 9.84 Å². The zero-order valence-corrected chi connectivity index (χ0v) is 11.3. The van der Waals surface area contributed by atoms with Gasteiger partial charge in [-0.1, -0.05) is 0 Å². The summed E-state index contributed by atoms with van der Waals surface area (Å²) in [6.07, 6.45) is 4.33. The van der Waals surface area contributed by atoms with Gasteiger partial charge in [-0.05, 0) is 38.5 Å². The number of sulfone groups is 1. The van der Waals surface area contributed by atoms with Crippen LogP contribution < -0.4 is 0 Å². The Balaban J connectivity index is 1.70. The lowest BCUT2D eigenvalue weighted by Crippen LogP contribution is -2.39. The van der Waals surface area contributed by atoms with Gasteiger partial charge in [0.05, 0.1) is 10.5 Å². The fourth-order valence-electron chi connectivity index (χ4n) is 3.76. The van der Waals surface area contributed by atoms with Gasteiger partial charge in [-0.15, -0.1) is 0 Å². The van der Waals surface area contributed by atoms with Crippen molar-refractivity contribution in [3.8, 4) is 0 Å².